The Bertz CT molecular complexity index is 687. The summed E-state index contributed by atoms with van der Waals surface area (Å²) in [6, 6.07) is 8.36. The second-order valence-corrected chi connectivity index (χ2v) is 6.04. The molecule has 1 aromatic heterocycles. The van der Waals surface area contributed by atoms with E-state index in [1.807, 2.05) is 23.1 Å². The number of aromatic nitrogens is 2. The second-order valence-electron chi connectivity index (χ2n) is 6.04. The molecular formula is C17H20N4O. The number of benzene rings is 1. The van der Waals surface area contributed by atoms with E-state index in [0.717, 1.165) is 37.3 Å². The maximum Gasteiger partial charge on any atom is 0.261 e. The van der Waals surface area contributed by atoms with Crippen LogP contribution >= 0.6 is 0 Å². The van der Waals surface area contributed by atoms with E-state index in [2.05, 4.69) is 21.6 Å². The standard InChI is InChI=1S/C17H20N4O/c22-17(21-10-8-12-5-1-2-7-15(12)21)13-11-19-20-16(13)14-6-3-4-9-18-14/h1-2,5,7,11,14,18H,3-4,6,8-10H2,(H,19,20). The Morgan fingerprint density at radius 3 is 3.05 bits per heavy atom. The molecule has 1 fully saturated rings. The number of H-pyrrole nitrogens is 1. The molecular weight excluding hydrogens is 276 g/mol. The molecule has 3 heterocycles. The van der Waals surface area contributed by atoms with Gasteiger partial charge in [0.2, 0.25) is 0 Å². The SMILES string of the molecule is O=C(c1cn[nH]c1C1CCCCN1)N1CCc2ccccc21. The summed E-state index contributed by atoms with van der Waals surface area (Å²) in [5.74, 6) is 0.0565. The Morgan fingerprint density at radius 2 is 2.18 bits per heavy atom. The number of para-hydroxylation sites is 1. The number of nitrogens with zero attached hydrogens (tertiary/aromatic N) is 2. The van der Waals surface area contributed by atoms with Gasteiger partial charge < -0.3 is 10.2 Å². The number of rotatable bonds is 2. The maximum absolute atomic E-state index is 13.0. The van der Waals surface area contributed by atoms with Crippen LogP contribution in [0, 0.1) is 0 Å². The minimum atomic E-state index is 0.0565. The first-order valence-electron chi connectivity index (χ1n) is 8.01. The summed E-state index contributed by atoms with van der Waals surface area (Å²) in [5.41, 5.74) is 3.93. The lowest BCUT2D eigenvalue weighted by Gasteiger charge is -2.24. The molecule has 0 radical (unpaired) electrons. The smallest absolute Gasteiger partial charge is 0.261 e. The molecule has 5 nitrogen and oxygen atoms in total. The third kappa shape index (κ3) is 2.22. The van der Waals surface area contributed by atoms with Crippen LogP contribution in [-0.4, -0.2) is 29.2 Å². The lowest BCUT2D eigenvalue weighted by Crippen LogP contribution is -2.32. The monoisotopic (exact) mass is 296 g/mol. The molecule has 0 aliphatic carbocycles. The van der Waals surface area contributed by atoms with E-state index in [1.165, 1.54) is 18.4 Å². The number of aromatic amines is 1. The molecule has 2 N–H and O–H groups in total. The summed E-state index contributed by atoms with van der Waals surface area (Å²) < 4.78 is 0. The molecule has 114 valence electrons. The molecule has 1 aromatic carbocycles. The van der Waals surface area contributed by atoms with E-state index in [4.69, 9.17) is 0 Å². The molecule has 1 saturated heterocycles. The molecule has 4 rings (SSSR count). The van der Waals surface area contributed by atoms with Crippen LogP contribution in [0.5, 0.6) is 0 Å². The Hall–Kier alpha value is -2.14. The van der Waals surface area contributed by atoms with Crippen LogP contribution in [0.25, 0.3) is 0 Å². The molecule has 0 spiro atoms. The van der Waals surface area contributed by atoms with Crippen molar-refractivity contribution in [1.29, 1.82) is 0 Å². The number of carbonyl (C=O) groups is 1. The zero-order chi connectivity index (χ0) is 14.9. The predicted octanol–water partition coefficient (Wildman–Crippen LogP) is 2.43. The highest BCUT2D eigenvalue weighted by molar-refractivity contribution is 6.07. The lowest BCUT2D eigenvalue weighted by molar-refractivity contribution is 0.0987. The quantitative estimate of drug-likeness (QED) is 0.894. The summed E-state index contributed by atoms with van der Waals surface area (Å²) in [7, 11) is 0. The molecule has 2 aliphatic rings. The van der Waals surface area contributed by atoms with E-state index in [-0.39, 0.29) is 11.9 Å². The minimum absolute atomic E-state index is 0.0565. The molecule has 2 aromatic rings. The lowest BCUT2D eigenvalue weighted by atomic mass is 9.99. The van der Waals surface area contributed by atoms with E-state index in [9.17, 15) is 4.79 Å². The third-order valence-electron chi connectivity index (χ3n) is 4.69. The van der Waals surface area contributed by atoms with E-state index >= 15 is 0 Å². The van der Waals surface area contributed by atoms with Crippen LogP contribution in [0.4, 0.5) is 5.69 Å². The van der Waals surface area contributed by atoms with Gasteiger partial charge in [-0.05, 0) is 37.4 Å². The van der Waals surface area contributed by atoms with Crippen molar-refractivity contribution in [2.75, 3.05) is 18.0 Å². The fraction of sp³-hybridized carbons (Fsp3) is 0.412. The summed E-state index contributed by atoms with van der Waals surface area (Å²) in [6.07, 6.45) is 6.05. The molecule has 1 unspecified atom stereocenters. The summed E-state index contributed by atoms with van der Waals surface area (Å²) >= 11 is 0. The van der Waals surface area contributed by atoms with Gasteiger partial charge >= 0.3 is 0 Å². The first-order valence-corrected chi connectivity index (χ1v) is 8.01. The minimum Gasteiger partial charge on any atom is -0.309 e. The van der Waals surface area contributed by atoms with Gasteiger partial charge in [-0.25, -0.2) is 0 Å². The Labute approximate surface area is 129 Å². The average molecular weight is 296 g/mol. The van der Waals surface area contributed by atoms with Gasteiger partial charge in [-0.1, -0.05) is 24.6 Å². The highest BCUT2D eigenvalue weighted by Crippen LogP contribution is 2.31. The highest BCUT2D eigenvalue weighted by atomic mass is 16.2. The zero-order valence-corrected chi connectivity index (χ0v) is 12.5. The van der Waals surface area contributed by atoms with Crippen LogP contribution in [0.2, 0.25) is 0 Å². The molecule has 1 atom stereocenters. The normalized spacial score (nSPS) is 20.9. The van der Waals surface area contributed by atoms with Gasteiger partial charge in [0.25, 0.3) is 5.91 Å². The van der Waals surface area contributed by atoms with Crippen molar-refractivity contribution in [3.8, 4) is 0 Å². The number of amides is 1. The highest BCUT2D eigenvalue weighted by Gasteiger charge is 2.30. The van der Waals surface area contributed by atoms with Crippen LogP contribution in [-0.2, 0) is 6.42 Å². The van der Waals surface area contributed by atoms with Crippen molar-refractivity contribution in [2.45, 2.75) is 31.7 Å². The van der Waals surface area contributed by atoms with Gasteiger partial charge in [-0.3, -0.25) is 9.89 Å². The van der Waals surface area contributed by atoms with Gasteiger partial charge in [0, 0.05) is 18.3 Å². The number of nitrogens with one attached hydrogen (secondary N) is 2. The fourth-order valence-corrected chi connectivity index (χ4v) is 3.53. The van der Waals surface area contributed by atoms with Gasteiger partial charge in [-0.15, -0.1) is 0 Å². The zero-order valence-electron chi connectivity index (χ0n) is 12.5. The van der Waals surface area contributed by atoms with Crippen LogP contribution < -0.4 is 10.2 Å². The second kappa shape index (κ2) is 5.57. The molecule has 0 saturated carbocycles. The van der Waals surface area contributed by atoms with Crippen molar-refractivity contribution in [3.63, 3.8) is 0 Å². The molecule has 5 heteroatoms. The van der Waals surface area contributed by atoms with Crippen molar-refractivity contribution in [2.24, 2.45) is 0 Å². The topological polar surface area (TPSA) is 61.0 Å². The van der Waals surface area contributed by atoms with Crippen molar-refractivity contribution in [3.05, 3.63) is 47.3 Å². The molecule has 2 aliphatic heterocycles. The molecule has 0 bridgehead atoms. The first-order chi connectivity index (χ1) is 10.8. The van der Waals surface area contributed by atoms with Crippen LogP contribution in [0.15, 0.2) is 30.5 Å². The Morgan fingerprint density at radius 1 is 1.27 bits per heavy atom. The van der Waals surface area contributed by atoms with Gasteiger partial charge in [0.05, 0.1) is 17.5 Å². The summed E-state index contributed by atoms with van der Waals surface area (Å²) in [4.78, 5) is 14.9. The van der Waals surface area contributed by atoms with Gasteiger partial charge in [0.15, 0.2) is 0 Å². The molecule has 22 heavy (non-hydrogen) atoms. The van der Waals surface area contributed by atoms with Gasteiger partial charge in [-0.2, -0.15) is 5.10 Å². The Kier molecular flexibility index (Phi) is 3.42. The Balaban J connectivity index is 1.63. The van der Waals surface area contributed by atoms with Crippen LogP contribution in [0.3, 0.4) is 0 Å². The fourth-order valence-electron chi connectivity index (χ4n) is 3.53. The summed E-state index contributed by atoms with van der Waals surface area (Å²) in [5, 5.41) is 10.7. The largest absolute Gasteiger partial charge is 0.309 e. The van der Waals surface area contributed by atoms with E-state index in [0.29, 0.717) is 5.56 Å². The number of fused-ring (bicyclic) bond motifs is 1. The van der Waals surface area contributed by atoms with E-state index < -0.39 is 0 Å². The summed E-state index contributed by atoms with van der Waals surface area (Å²) in [6.45, 7) is 1.75. The van der Waals surface area contributed by atoms with E-state index in [1.54, 1.807) is 6.20 Å². The van der Waals surface area contributed by atoms with Crippen molar-refractivity contribution >= 4 is 11.6 Å². The third-order valence-corrected chi connectivity index (χ3v) is 4.69. The average Bonchev–Trinajstić information content (AvgIpc) is 3.22. The van der Waals surface area contributed by atoms with Crippen molar-refractivity contribution < 1.29 is 4.79 Å². The predicted molar refractivity (Wildman–Crippen MR) is 85.0 cm³/mol. The first kappa shape index (κ1) is 13.5. The molecule has 1 amide bonds. The van der Waals surface area contributed by atoms with Crippen LogP contribution in [0.1, 0.15) is 46.9 Å². The number of anilines is 1. The number of carbonyl (C=O) groups excluding carboxylic acids is 1. The van der Waals surface area contributed by atoms with Gasteiger partial charge in [0.1, 0.15) is 0 Å². The number of hydrogen-bond donors (Lipinski definition) is 2. The maximum atomic E-state index is 13.0. The number of piperidine rings is 1. The number of hydrogen-bond acceptors (Lipinski definition) is 3. The van der Waals surface area contributed by atoms with Crippen molar-refractivity contribution in [1.82, 2.24) is 15.5 Å².